The van der Waals surface area contributed by atoms with Gasteiger partial charge in [-0.05, 0) is 29.7 Å². The standard InChI is InChI=1S/C26H16N4O2S/c31-24(28-26-27-22-18-11-5-4-8-16(18)14-15-21(22)33-26)23-19-12-6-7-13-20(19)25(32)30(29-23)17-9-2-1-3-10-17/h1-15H,(H,27,28,31). The molecule has 33 heavy (non-hydrogen) atoms. The highest BCUT2D eigenvalue weighted by Gasteiger charge is 2.19. The number of thiazole rings is 1. The Bertz CT molecular complexity index is 1740. The van der Waals surface area contributed by atoms with Gasteiger partial charge in [0.25, 0.3) is 11.5 Å². The Labute approximate surface area is 191 Å². The van der Waals surface area contributed by atoms with Gasteiger partial charge in [-0.15, -0.1) is 0 Å². The van der Waals surface area contributed by atoms with Crippen molar-refractivity contribution in [1.29, 1.82) is 0 Å². The molecule has 0 fully saturated rings. The first-order valence-electron chi connectivity index (χ1n) is 10.4. The van der Waals surface area contributed by atoms with Crippen LogP contribution in [0.4, 0.5) is 5.13 Å². The van der Waals surface area contributed by atoms with E-state index in [1.54, 1.807) is 36.4 Å². The molecule has 0 atom stereocenters. The summed E-state index contributed by atoms with van der Waals surface area (Å²) in [6.45, 7) is 0. The number of carbonyl (C=O) groups excluding carboxylic acids is 1. The molecule has 2 aromatic heterocycles. The van der Waals surface area contributed by atoms with Crippen molar-refractivity contribution >= 4 is 54.1 Å². The quantitative estimate of drug-likeness (QED) is 0.393. The minimum absolute atomic E-state index is 0.165. The third kappa shape index (κ3) is 3.26. The zero-order valence-corrected chi connectivity index (χ0v) is 18.0. The van der Waals surface area contributed by atoms with E-state index in [1.165, 1.54) is 16.0 Å². The van der Waals surface area contributed by atoms with E-state index in [9.17, 15) is 9.59 Å². The summed E-state index contributed by atoms with van der Waals surface area (Å²) in [6, 6.07) is 28.2. The maximum Gasteiger partial charge on any atom is 0.279 e. The summed E-state index contributed by atoms with van der Waals surface area (Å²) in [5.41, 5.74) is 1.33. The first-order chi connectivity index (χ1) is 16.2. The molecule has 1 N–H and O–H groups in total. The number of nitrogens with one attached hydrogen (secondary N) is 1. The summed E-state index contributed by atoms with van der Waals surface area (Å²) in [5.74, 6) is -0.417. The molecule has 0 aliphatic rings. The van der Waals surface area contributed by atoms with E-state index in [-0.39, 0.29) is 11.3 Å². The fourth-order valence-corrected chi connectivity index (χ4v) is 4.85. The zero-order chi connectivity index (χ0) is 22.4. The molecular formula is C26H16N4O2S. The number of benzene rings is 4. The second kappa shape index (κ2) is 7.65. The van der Waals surface area contributed by atoms with Crippen LogP contribution in [0.3, 0.4) is 0 Å². The van der Waals surface area contributed by atoms with Crippen LogP contribution in [-0.2, 0) is 0 Å². The normalized spacial score (nSPS) is 11.3. The van der Waals surface area contributed by atoms with Gasteiger partial charge < -0.3 is 0 Å². The highest BCUT2D eigenvalue weighted by atomic mass is 32.1. The molecule has 0 bridgehead atoms. The zero-order valence-electron chi connectivity index (χ0n) is 17.2. The molecule has 6 aromatic rings. The SMILES string of the molecule is O=C(Nc1nc2c(ccc3ccccc32)s1)c1nn(-c2ccccc2)c(=O)c2ccccc12. The average molecular weight is 449 g/mol. The Morgan fingerprint density at radius 2 is 1.48 bits per heavy atom. The summed E-state index contributed by atoms with van der Waals surface area (Å²) < 4.78 is 2.25. The number of hydrogen-bond donors (Lipinski definition) is 1. The van der Waals surface area contributed by atoms with Gasteiger partial charge in [-0.3, -0.25) is 14.9 Å². The molecule has 1 amide bonds. The summed E-state index contributed by atoms with van der Waals surface area (Å²) >= 11 is 1.40. The van der Waals surface area contributed by atoms with E-state index in [0.29, 0.717) is 21.6 Å². The molecule has 7 heteroatoms. The molecule has 4 aromatic carbocycles. The minimum atomic E-state index is -0.417. The molecule has 158 valence electrons. The van der Waals surface area contributed by atoms with Crippen LogP contribution in [0.1, 0.15) is 10.5 Å². The summed E-state index contributed by atoms with van der Waals surface area (Å²) in [5, 5.41) is 10.9. The van der Waals surface area contributed by atoms with Crippen molar-refractivity contribution in [2.24, 2.45) is 0 Å². The maximum absolute atomic E-state index is 13.3. The summed E-state index contributed by atoms with van der Waals surface area (Å²) in [7, 11) is 0. The van der Waals surface area contributed by atoms with E-state index in [2.05, 4.69) is 15.4 Å². The van der Waals surface area contributed by atoms with Gasteiger partial charge >= 0.3 is 0 Å². The average Bonchev–Trinajstić information content (AvgIpc) is 3.28. The van der Waals surface area contributed by atoms with Crippen LogP contribution in [-0.4, -0.2) is 20.7 Å². The maximum atomic E-state index is 13.3. The lowest BCUT2D eigenvalue weighted by Gasteiger charge is -2.10. The molecule has 0 unspecified atom stereocenters. The smallest absolute Gasteiger partial charge is 0.279 e. The predicted molar refractivity (Wildman–Crippen MR) is 132 cm³/mol. The third-order valence-electron chi connectivity index (χ3n) is 5.52. The number of anilines is 1. The predicted octanol–water partition coefficient (Wildman–Crippen LogP) is 5.40. The van der Waals surface area contributed by atoms with Gasteiger partial charge in [0, 0.05) is 10.8 Å². The highest BCUT2D eigenvalue weighted by Crippen LogP contribution is 2.32. The Hall–Kier alpha value is -4.36. The molecule has 2 heterocycles. The van der Waals surface area contributed by atoms with E-state index in [0.717, 1.165) is 21.0 Å². The minimum Gasteiger partial charge on any atom is -0.296 e. The fourth-order valence-electron chi connectivity index (χ4n) is 3.97. The van der Waals surface area contributed by atoms with Crippen LogP contribution in [0.2, 0.25) is 0 Å². The monoisotopic (exact) mass is 448 g/mol. The van der Waals surface area contributed by atoms with Crippen molar-refractivity contribution in [1.82, 2.24) is 14.8 Å². The van der Waals surface area contributed by atoms with Crippen molar-refractivity contribution in [2.45, 2.75) is 0 Å². The summed E-state index contributed by atoms with van der Waals surface area (Å²) in [4.78, 5) is 31.1. The van der Waals surface area contributed by atoms with Crippen LogP contribution in [0.5, 0.6) is 0 Å². The van der Waals surface area contributed by atoms with Gasteiger partial charge in [0.2, 0.25) is 0 Å². The van der Waals surface area contributed by atoms with Crippen molar-refractivity contribution in [3.8, 4) is 5.69 Å². The highest BCUT2D eigenvalue weighted by molar-refractivity contribution is 7.22. The molecule has 6 rings (SSSR count). The number of fused-ring (bicyclic) bond motifs is 4. The molecule has 0 saturated heterocycles. The van der Waals surface area contributed by atoms with E-state index < -0.39 is 5.91 Å². The van der Waals surface area contributed by atoms with Gasteiger partial charge in [0.1, 0.15) is 0 Å². The van der Waals surface area contributed by atoms with Crippen LogP contribution in [0.25, 0.3) is 37.4 Å². The number of hydrogen-bond acceptors (Lipinski definition) is 5. The summed E-state index contributed by atoms with van der Waals surface area (Å²) in [6.07, 6.45) is 0. The van der Waals surface area contributed by atoms with Crippen LogP contribution < -0.4 is 10.9 Å². The number of amides is 1. The molecule has 0 spiro atoms. The molecular weight excluding hydrogens is 432 g/mol. The lowest BCUT2D eigenvalue weighted by atomic mass is 10.1. The number of carbonyl (C=O) groups is 1. The van der Waals surface area contributed by atoms with E-state index in [1.807, 2.05) is 54.6 Å². The fraction of sp³-hybridized carbons (Fsp3) is 0. The van der Waals surface area contributed by atoms with Gasteiger partial charge in [-0.1, -0.05) is 78.1 Å². The number of para-hydroxylation sites is 1. The van der Waals surface area contributed by atoms with Crippen LogP contribution >= 0.6 is 11.3 Å². The number of aromatic nitrogens is 3. The molecule has 0 aliphatic heterocycles. The Morgan fingerprint density at radius 1 is 0.788 bits per heavy atom. The Morgan fingerprint density at radius 3 is 2.30 bits per heavy atom. The number of rotatable bonds is 3. The van der Waals surface area contributed by atoms with E-state index >= 15 is 0 Å². The van der Waals surface area contributed by atoms with Gasteiger partial charge in [0.15, 0.2) is 10.8 Å². The third-order valence-corrected chi connectivity index (χ3v) is 6.46. The largest absolute Gasteiger partial charge is 0.296 e. The van der Waals surface area contributed by atoms with Gasteiger partial charge in [-0.25, -0.2) is 4.98 Å². The molecule has 0 radical (unpaired) electrons. The lowest BCUT2D eigenvalue weighted by Crippen LogP contribution is -2.26. The Kier molecular flexibility index (Phi) is 4.48. The van der Waals surface area contributed by atoms with Crippen molar-refractivity contribution in [3.63, 3.8) is 0 Å². The van der Waals surface area contributed by atoms with E-state index in [4.69, 9.17) is 0 Å². The molecule has 0 saturated carbocycles. The molecule has 0 aliphatic carbocycles. The van der Waals surface area contributed by atoms with Crippen molar-refractivity contribution in [3.05, 3.63) is 107 Å². The van der Waals surface area contributed by atoms with Crippen molar-refractivity contribution in [2.75, 3.05) is 5.32 Å². The van der Waals surface area contributed by atoms with Gasteiger partial charge in [0.05, 0.1) is 21.3 Å². The second-order valence-corrected chi connectivity index (χ2v) is 8.58. The number of nitrogens with zero attached hydrogens (tertiary/aromatic N) is 3. The first-order valence-corrected chi connectivity index (χ1v) is 11.2. The first kappa shape index (κ1) is 19.3. The van der Waals surface area contributed by atoms with Crippen LogP contribution in [0.15, 0.2) is 95.8 Å². The molecule has 6 nitrogen and oxygen atoms in total. The Balaban J connectivity index is 1.47. The lowest BCUT2D eigenvalue weighted by molar-refractivity contribution is 0.102. The second-order valence-electron chi connectivity index (χ2n) is 7.55. The topological polar surface area (TPSA) is 76.9 Å². The van der Waals surface area contributed by atoms with Crippen LogP contribution in [0, 0.1) is 0 Å². The van der Waals surface area contributed by atoms with Gasteiger partial charge in [-0.2, -0.15) is 9.78 Å². The van der Waals surface area contributed by atoms with Crippen molar-refractivity contribution < 1.29 is 4.79 Å².